The monoisotopic (exact) mass is 334 g/mol. The molecule has 0 unspecified atom stereocenters. The van der Waals surface area contributed by atoms with Gasteiger partial charge >= 0.3 is 5.97 Å². The van der Waals surface area contributed by atoms with Gasteiger partial charge in [0.25, 0.3) is 0 Å². The van der Waals surface area contributed by atoms with Crippen LogP contribution in [0.15, 0.2) is 24.3 Å². The third-order valence-corrected chi connectivity index (χ3v) is 5.44. The van der Waals surface area contributed by atoms with E-state index in [1.807, 2.05) is 6.08 Å². The minimum absolute atomic E-state index is 0.874. The zero-order valence-corrected chi connectivity index (χ0v) is 15.7. The third kappa shape index (κ3) is 10.7. The molecular weight excluding hydrogens is 296 g/mol. The van der Waals surface area contributed by atoms with E-state index in [9.17, 15) is 4.79 Å². The molecule has 0 aromatic heterocycles. The van der Waals surface area contributed by atoms with Gasteiger partial charge in [-0.25, -0.2) is 4.79 Å². The van der Waals surface area contributed by atoms with Crippen LogP contribution in [0.2, 0.25) is 0 Å². The number of allylic oxidation sites excluding steroid dienone is 3. The van der Waals surface area contributed by atoms with Crippen molar-refractivity contribution < 1.29 is 9.90 Å². The second kappa shape index (κ2) is 14.3. The molecule has 1 N–H and O–H groups in total. The average molecular weight is 335 g/mol. The van der Waals surface area contributed by atoms with Gasteiger partial charge in [0.2, 0.25) is 0 Å². The molecule has 0 spiro atoms. The second-order valence-corrected chi connectivity index (χ2v) is 7.42. The fourth-order valence-electron chi connectivity index (χ4n) is 4.04. The molecule has 1 aliphatic carbocycles. The third-order valence-electron chi connectivity index (χ3n) is 5.44. The zero-order valence-electron chi connectivity index (χ0n) is 15.7. The molecule has 24 heavy (non-hydrogen) atoms. The number of carboxylic acids is 1. The molecule has 2 heteroatoms. The van der Waals surface area contributed by atoms with Crippen molar-refractivity contribution in [3.8, 4) is 0 Å². The lowest BCUT2D eigenvalue weighted by molar-refractivity contribution is -0.131. The number of hydrogen-bond acceptors (Lipinski definition) is 1. The Kier molecular flexibility index (Phi) is 12.5. The summed E-state index contributed by atoms with van der Waals surface area (Å²) in [5, 5.41) is 8.53. The average Bonchev–Trinajstić information content (AvgIpc) is 3.00. The normalized spacial score (nSPS) is 21.2. The molecule has 2 atom stereocenters. The van der Waals surface area contributed by atoms with Gasteiger partial charge < -0.3 is 5.11 Å². The van der Waals surface area contributed by atoms with Crippen LogP contribution in [0.5, 0.6) is 0 Å². The van der Waals surface area contributed by atoms with Gasteiger partial charge in [0.1, 0.15) is 0 Å². The van der Waals surface area contributed by atoms with Gasteiger partial charge in [0, 0.05) is 6.08 Å². The zero-order chi connectivity index (χ0) is 17.5. The first-order chi connectivity index (χ1) is 11.7. The number of rotatable bonds is 14. The SMILES string of the molecule is CCCCCCCCCC[C@H]1CCC[C@@H]1CCC=CC=CC(=O)O. The summed E-state index contributed by atoms with van der Waals surface area (Å²) in [5.41, 5.74) is 0. The highest BCUT2D eigenvalue weighted by Crippen LogP contribution is 2.38. The van der Waals surface area contributed by atoms with E-state index in [1.54, 1.807) is 6.08 Å². The summed E-state index contributed by atoms with van der Waals surface area (Å²) < 4.78 is 0. The molecule has 0 aromatic rings. The van der Waals surface area contributed by atoms with Crippen LogP contribution in [0.4, 0.5) is 0 Å². The predicted molar refractivity (Wildman–Crippen MR) is 103 cm³/mol. The van der Waals surface area contributed by atoms with Crippen molar-refractivity contribution in [2.24, 2.45) is 11.8 Å². The van der Waals surface area contributed by atoms with Gasteiger partial charge in [-0.1, -0.05) is 102 Å². The first-order valence-electron chi connectivity index (χ1n) is 10.3. The Balaban J connectivity index is 2.05. The first-order valence-corrected chi connectivity index (χ1v) is 10.3. The smallest absolute Gasteiger partial charge is 0.328 e. The number of carbonyl (C=O) groups is 1. The van der Waals surface area contributed by atoms with Crippen LogP contribution in [0.3, 0.4) is 0 Å². The highest BCUT2D eigenvalue weighted by Gasteiger charge is 2.25. The van der Waals surface area contributed by atoms with E-state index >= 15 is 0 Å². The van der Waals surface area contributed by atoms with E-state index in [4.69, 9.17) is 5.11 Å². The van der Waals surface area contributed by atoms with E-state index in [0.717, 1.165) is 18.3 Å². The Morgan fingerprint density at radius 3 is 2.21 bits per heavy atom. The summed E-state index contributed by atoms with van der Waals surface area (Å²) in [6.07, 6.45) is 26.2. The van der Waals surface area contributed by atoms with Gasteiger partial charge in [-0.3, -0.25) is 0 Å². The Morgan fingerprint density at radius 2 is 1.54 bits per heavy atom. The summed E-state index contributed by atoms with van der Waals surface area (Å²) in [4.78, 5) is 10.4. The molecule has 0 amide bonds. The van der Waals surface area contributed by atoms with Crippen molar-refractivity contribution in [3.63, 3.8) is 0 Å². The summed E-state index contributed by atoms with van der Waals surface area (Å²) >= 11 is 0. The minimum atomic E-state index is -0.874. The lowest BCUT2D eigenvalue weighted by Gasteiger charge is -2.18. The molecule has 0 heterocycles. The fourth-order valence-corrected chi connectivity index (χ4v) is 4.04. The maximum Gasteiger partial charge on any atom is 0.328 e. The molecule has 0 aliphatic heterocycles. The summed E-state index contributed by atoms with van der Waals surface area (Å²) in [6, 6.07) is 0. The van der Waals surface area contributed by atoms with Gasteiger partial charge in [-0.2, -0.15) is 0 Å². The topological polar surface area (TPSA) is 37.3 Å². The van der Waals surface area contributed by atoms with Gasteiger partial charge in [-0.15, -0.1) is 0 Å². The summed E-state index contributed by atoms with van der Waals surface area (Å²) in [5.74, 6) is 0.983. The molecule has 0 saturated heterocycles. The van der Waals surface area contributed by atoms with Gasteiger partial charge in [-0.05, 0) is 24.7 Å². The molecule has 2 nitrogen and oxygen atoms in total. The lowest BCUT2D eigenvalue weighted by Crippen LogP contribution is -2.07. The van der Waals surface area contributed by atoms with E-state index < -0.39 is 5.97 Å². The minimum Gasteiger partial charge on any atom is -0.478 e. The van der Waals surface area contributed by atoms with E-state index in [2.05, 4.69) is 13.0 Å². The van der Waals surface area contributed by atoms with Crippen LogP contribution >= 0.6 is 0 Å². The molecule has 1 fully saturated rings. The van der Waals surface area contributed by atoms with E-state index in [-0.39, 0.29) is 0 Å². The Bertz CT molecular complexity index is 370. The van der Waals surface area contributed by atoms with Crippen LogP contribution in [-0.4, -0.2) is 11.1 Å². The standard InChI is InChI=1S/C22H38O2/c1-2-3-4-5-6-7-8-11-15-20-17-14-18-21(20)16-12-9-10-13-19-22(23)24/h9-10,13,19-21H,2-8,11-12,14-18H2,1H3,(H,23,24)/t20-,21-/m0/s1. The van der Waals surface area contributed by atoms with Crippen LogP contribution in [0.25, 0.3) is 0 Å². The maximum absolute atomic E-state index is 10.4. The molecule has 1 aliphatic rings. The number of aliphatic carboxylic acids is 1. The number of carboxylic acid groups (broad SMARTS) is 1. The number of unbranched alkanes of at least 4 members (excludes halogenated alkanes) is 7. The molecule has 138 valence electrons. The largest absolute Gasteiger partial charge is 0.478 e. The number of hydrogen-bond donors (Lipinski definition) is 1. The Hall–Kier alpha value is -1.05. The van der Waals surface area contributed by atoms with Crippen molar-refractivity contribution in [1.82, 2.24) is 0 Å². The summed E-state index contributed by atoms with van der Waals surface area (Å²) in [7, 11) is 0. The fraction of sp³-hybridized carbons (Fsp3) is 0.773. The highest BCUT2D eigenvalue weighted by atomic mass is 16.4. The predicted octanol–water partition coefficient (Wildman–Crippen LogP) is 6.91. The molecule has 1 rings (SSSR count). The maximum atomic E-state index is 10.4. The first kappa shape index (κ1) is 21.0. The molecule has 1 saturated carbocycles. The molecule has 0 radical (unpaired) electrons. The quantitative estimate of drug-likeness (QED) is 0.213. The van der Waals surface area contributed by atoms with Crippen LogP contribution < -0.4 is 0 Å². The Labute approximate surface area is 149 Å². The van der Waals surface area contributed by atoms with Crippen LogP contribution in [-0.2, 0) is 4.79 Å². The Morgan fingerprint density at radius 1 is 0.917 bits per heavy atom. The lowest BCUT2D eigenvalue weighted by atomic mass is 9.87. The summed E-state index contributed by atoms with van der Waals surface area (Å²) in [6.45, 7) is 2.28. The van der Waals surface area contributed by atoms with Crippen LogP contribution in [0, 0.1) is 11.8 Å². The second-order valence-electron chi connectivity index (χ2n) is 7.42. The van der Waals surface area contributed by atoms with E-state index in [0.29, 0.717) is 0 Å². The van der Waals surface area contributed by atoms with E-state index in [1.165, 1.54) is 89.5 Å². The van der Waals surface area contributed by atoms with Crippen molar-refractivity contribution in [1.29, 1.82) is 0 Å². The highest BCUT2D eigenvalue weighted by molar-refractivity contribution is 5.80. The van der Waals surface area contributed by atoms with Crippen molar-refractivity contribution >= 4 is 5.97 Å². The molecule has 0 aromatic carbocycles. The molecule has 0 bridgehead atoms. The van der Waals surface area contributed by atoms with Crippen molar-refractivity contribution in [2.75, 3.05) is 0 Å². The van der Waals surface area contributed by atoms with Crippen molar-refractivity contribution in [3.05, 3.63) is 24.3 Å². The van der Waals surface area contributed by atoms with Crippen LogP contribution in [0.1, 0.15) is 96.8 Å². The van der Waals surface area contributed by atoms with Gasteiger partial charge in [0.15, 0.2) is 0 Å². The van der Waals surface area contributed by atoms with Gasteiger partial charge in [0.05, 0.1) is 0 Å². The molecular formula is C22H38O2. The van der Waals surface area contributed by atoms with Crippen molar-refractivity contribution in [2.45, 2.75) is 96.8 Å².